The Morgan fingerprint density at radius 2 is 1.89 bits per heavy atom. The summed E-state index contributed by atoms with van der Waals surface area (Å²) in [4.78, 5) is 0. The van der Waals surface area contributed by atoms with E-state index in [2.05, 4.69) is 19.2 Å². The van der Waals surface area contributed by atoms with Crippen LogP contribution < -0.4 is 11.1 Å². The molecule has 110 valence electrons. The molecule has 0 bridgehead atoms. The molecule has 0 saturated heterocycles. The average molecular weight is 260 g/mol. The molecule has 4 nitrogen and oxygen atoms in total. The van der Waals surface area contributed by atoms with Gasteiger partial charge in [-0.05, 0) is 44.2 Å². The molecule has 0 aliphatic carbocycles. The Hall–Kier alpha value is -0.160. The summed E-state index contributed by atoms with van der Waals surface area (Å²) >= 11 is 0. The molecule has 0 aliphatic rings. The quantitative estimate of drug-likeness (QED) is 0.524. The summed E-state index contributed by atoms with van der Waals surface area (Å²) < 4.78 is 10.4. The van der Waals surface area contributed by atoms with Crippen molar-refractivity contribution < 1.29 is 9.47 Å². The minimum atomic E-state index is 0.153. The van der Waals surface area contributed by atoms with Gasteiger partial charge >= 0.3 is 0 Å². The van der Waals surface area contributed by atoms with E-state index in [0.717, 1.165) is 37.9 Å². The molecule has 0 amide bonds. The molecule has 0 fully saturated rings. The van der Waals surface area contributed by atoms with Crippen LogP contribution in [0.5, 0.6) is 0 Å². The van der Waals surface area contributed by atoms with Crippen molar-refractivity contribution in [3.63, 3.8) is 0 Å². The Labute approximate surface area is 113 Å². The average Bonchev–Trinajstić information content (AvgIpc) is 2.35. The molecule has 0 aromatic carbocycles. The molecule has 0 rings (SSSR count). The second-order valence-corrected chi connectivity index (χ2v) is 5.24. The predicted octanol–water partition coefficient (Wildman–Crippen LogP) is 1.64. The highest BCUT2D eigenvalue weighted by atomic mass is 16.5. The van der Waals surface area contributed by atoms with Crippen LogP contribution in [0, 0.1) is 11.8 Å². The van der Waals surface area contributed by atoms with Gasteiger partial charge in [0.1, 0.15) is 0 Å². The fourth-order valence-electron chi connectivity index (χ4n) is 2.17. The first-order chi connectivity index (χ1) is 8.65. The summed E-state index contributed by atoms with van der Waals surface area (Å²) in [5.41, 5.74) is 5.64. The third kappa shape index (κ3) is 8.86. The molecule has 2 atom stereocenters. The van der Waals surface area contributed by atoms with Gasteiger partial charge in [-0.2, -0.15) is 0 Å². The van der Waals surface area contributed by atoms with Crippen LogP contribution in [0.15, 0.2) is 0 Å². The largest absolute Gasteiger partial charge is 0.382 e. The summed E-state index contributed by atoms with van der Waals surface area (Å²) in [6.45, 7) is 7.91. The lowest BCUT2D eigenvalue weighted by atomic mass is 9.88. The number of hydrogen-bond donors (Lipinski definition) is 2. The SMILES string of the molecule is COCC(CNCCCC(CCN)C(C)C)OC. The van der Waals surface area contributed by atoms with E-state index < -0.39 is 0 Å². The van der Waals surface area contributed by atoms with Crippen LogP contribution >= 0.6 is 0 Å². The van der Waals surface area contributed by atoms with E-state index >= 15 is 0 Å². The van der Waals surface area contributed by atoms with E-state index in [1.54, 1.807) is 14.2 Å². The second kappa shape index (κ2) is 11.9. The van der Waals surface area contributed by atoms with Gasteiger partial charge in [-0.15, -0.1) is 0 Å². The maximum Gasteiger partial charge on any atom is 0.0928 e. The van der Waals surface area contributed by atoms with E-state index in [0.29, 0.717) is 6.61 Å². The molecular formula is C14H32N2O2. The van der Waals surface area contributed by atoms with E-state index in [9.17, 15) is 0 Å². The zero-order valence-corrected chi connectivity index (χ0v) is 12.6. The highest BCUT2D eigenvalue weighted by Crippen LogP contribution is 2.19. The van der Waals surface area contributed by atoms with Crippen molar-refractivity contribution in [1.29, 1.82) is 0 Å². The molecule has 0 saturated carbocycles. The third-order valence-electron chi connectivity index (χ3n) is 3.47. The molecule has 0 radical (unpaired) electrons. The maximum absolute atomic E-state index is 5.64. The first-order valence-corrected chi connectivity index (χ1v) is 7.08. The highest BCUT2D eigenvalue weighted by molar-refractivity contribution is 4.66. The number of rotatable bonds is 12. The van der Waals surface area contributed by atoms with Crippen LogP contribution in [0.25, 0.3) is 0 Å². The lowest BCUT2D eigenvalue weighted by molar-refractivity contribution is 0.0289. The lowest BCUT2D eigenvalue weighted by Crippen LogP contribution is -2.32. The Morgan fingerprint density at radius 3 is 2.39 bits per heavy atom. The van der Waals surface area contributed by atoms with E-state index in [1.165, 1.54) is 12.8 Å². The Bertz CT molecular complexity index is 177. The molecule has 2 unspecified atom stereocenters. The zero-order valence-electron chi connectivity index (χ0n) is 12.6. The van der Waals surface area contributed by atoms with E-state index in [4.69, 9.17) is 15.2 Å². The smallest absolute Gasteiger partial charge is 0.0928 e. The van der Waals surface area contributed by atoms with Crippen LogP contribution in [0.4, 0.5) is 0 Å². The molecule has 0 aromatic heterocycles. The van der Waals surface area contributed by atoms with E-state index in [-0.39, 0.29) is 6.10 Å². The van der Waals surface area contributed by atoms with Crippen molar-refractivity contribution >= 4 is 0 Å². The van der Waals surface area contributed by atoms with Crippen molar-refractivity contribution in [1.82, 2.24) is 5.32 Å². The topological polar surface area (TPSA) is 56.5 Å². The van der Waals surface area contributed by atoms with Crippen LogP contribution in [-0.4, -0.2) is 46.6 Å². The predicted molar refractivity (Wildman–Crippen MR) is 76.8 cm³/mol. The van der Waals surface area contributed by atoms with Gasteiger partial charge in [-0.25, -0.2) is 0 Å². The van der Waals surface area contributed by atoms with Crippen LogP contribution in [0.3, 0.4) is 0 Å². The maximum atomic E-state index is 5.64. The summed E-state index contributed by atoms with van der Waals surface area (Å²) in [7, 11) is 3.42. The van der Waals surface area contributed by atoms with Crippen molar-refractivity contribution in [3.05, 3.63) is 0 Å². The molecule has 4 heteroatoms. The Morgan fingerprint density at radius 1 is 1.17 bits per heavy atom. The number of methoxy groups -OCH3 is 2. The van der Waals surface area contributed by atoms with Gasteiger partial charge in [0, 0.05) is 20.8 Å². The molecule has 0 aromatic rings. The van der Waals surface area contributed by atoms with Gasteiger partial charge < -0.3 is 20.5 Å². The molecule has 0 aliphatic heterocycles. The summed E-state index contributed by atoms with van der Waals surface area (Å²) in [5, 5.41) is 3.42. The van der Waals surface area contributed by atoms with Gasteiger partial charge in [0.2, 0.25) is 0 Å². The van der Waals surface area contributed by atoms with E-state index in [1.807, 2.05) is 0 Å². The Balaban J connectivity index is 3.58. The third-order valence-corrected chi connectivity index (χ3v) is 3.47. The first-order valence-electron chi connectivity index (χ1n) is 7.08. The fraction of sp³-hybridized carbons (Fsp3) is 1.00. The highest BCUT2D eigenvalue weighted by Gasteiger charge is 2.12. The number of ether oxygens (including phenoxy) is 2. The van der Waals surface area contributed by atoms with Crippen LogP contribution in [0.2, 0.25) is 0 Å². The van der Waals surface area contributed by atoms with Crippen molar-refractivity contribution in [2.24, 2.45) is 17.6 Å². The van der Waals surface area contributed by atoms with Crippen molar-refractivity contribution in [2.75, 3.05) is 40.5 Å². The zero-order chi connectivity index (χ0) is 13.8. The monoisotopic (exact) mass is 260 g/mol. The minimum absolute atomic E-state index is 0.153. The number of nitrogens with two attached hydrogens (primary N) is 1. The van der Waals surface area contributed by atoms with Crippen molar-refractivity contribution in [3.8, 4) is 0 Å². The first kappa shape index (κ1) is 17.8. The standard InChI is InChI=1S/C14H32N2O2/c1-12(2)13(7-8-15)6-5-9-16-10-14(18-4)11-17-3/h12-14,16H,5-11,15H2,1-4H3. The van der Waals surface area contributed by atoms with Gasteiger partial charge in [-0.1, -0.05) is 13.8 Å². The van der Waals surface area contributed by atoms with Gasteiger partial charge in [0.05, 0.1) is 12.7 Å². The number of nitrogens with one attached hydrogen (secondary N) is 1. The molecule has 3 N–H and O–H groups in total. The molecule has 0 spiro atoms. The summed E-state index contributed by atoms with van der Waals surface area (Å²) in [6, 6.07) is 0. The van der Waals surface area contributed by atoms with Crippen LogP contribution in [0.1, 0.15) is 33.1 Å². The number of hydrogen-bond acceptors (Lipinski definition) is 4. The summed E-state index contributed by atoms with van der Waals surface area (Å²) in [5.74, 6) is 1.49. The van der Waals surface area contributed by atoms with Gasteiger partial charge in [0.15, 0.2) is 0 Å². The van der Waals surface area contributed by atoms with Gasteiger partial charge in [-0.3, -0.25) is 0 Å². The lowest BCUT2D eigenvalue weighted by Gasteiger charge is -2.20. The normalized spacial score (nSPS) is 15.0. The fourth-order valence-corrected chi connectivity index (χ4v) is 2.17. The van der Waals surface area contributed by atoms with Crippen molar-refractivity contribution in [2.45, 2.75) is 39.2 Å². The Kier molecular flexibility index (Phi) is 11.8. The van der Waals surface area contributed by atoms with Crippen LogP contribution in [-0.2, 0) is 9.47 Å². The van der Waals surface area contributed by atoms with Gasteiger partial charge in [0.25, 0.3) is 0 Å². The minimum Gasteiger partial charge on any atom is -0.382 e. The second-order valence-electron chi connectivity index (χ2n) is 5.24. The molecule has 0 heterocycles. The molecular weight excluding hydrogens is 228 g/mol. The summed E-state index contributed by atoms with van der Waals surface area (Å²) in [6.07, 6.45) is 3.75. The molecule has 18 heavy (non-hydrogen) atoms.